The second-order valence-corrected chi connectivity index (χ2v) is 6.22. The Kier molecular flexibility index (Phi) is 2.90. The lowest BCUT2D eigenvalue weighted by Gasteiger charge is -2.59. The van der Waals surface area contributed by atoms with E-state index in [1.165, 1.54) is 25.7 Å². The predicted molar refractivity (Wildman–Crippen MR) is 61.2 cm³/mol. The maximum Gasteiger partial charge on any atom is 0.120 e. The van der Waals surface area contributed by atoms with Gasteiger partial charge in [-0.1, -0.05) is 12.8 Å². The summed E-state index contributed by atoms with van der Waals surface area (Å²) < 4.78 is 31.6. The molecule has 2 nitrogen and oxygen atoms in total. The molecular formula is C13H21F2NO. The molecule has 1 heterocycles. The van der Waals surface area contributed by atoms with Gasteiger partial charge in [0.15, 0.2) is 0 Å². The van der Waals surface area contributed by atoms with Crippen molar-refractivity contribution in [1.29, 1.82) is 0 Å². The third-order valence-corrected chi connectivity index (χ3v) is 4.82. The van der Waals surface area contributed by atoms with Crippen molar-refractivity contribution < 1.29 is 13.5 Å². The molecule has 2 saturated carbocycles. The maximum absolute atomic E-state index is 12.8. The molecule has 2 unspecified atom stereocenters. The van der Waals surface area contributed by atoms with E-state index in [9.17, 15) is 8.78 Å². The predicted octanol–water partition coefficient (Wildman–Crippen LogP) is 2.58. The Labute approximate surface area is 101 Å². The van der Waals surface area contributed by atoms with Crippen LogP contribution in [-0.4, -0.2) is 31.7 Å². The molecule has 3 aliphatic rings. The minimum Gasteiger partial charge on any atom is -0.360 e. The Morgan fingerprint density at radius 3 is 2.53 bits per heavy atom. The lowest BCUT2D eigenvalue weighted by molar-refractivity contribution is -0.236. The van der Waals surface area contributed by atoms with Gasteiger partial charge in [0.25, 0.3) is 0 Å². The highest BCUT2D eigenvalue weighted by molar-refractivity contribution is 5.07. The van der Waals surface area contributed by atoms with Gasteiger partial charge in [-0.3, -0.25) is 14.1 Å². The first-order chi connectivity index (χ1) is 8.21. The number of nitrogens with one attached hydrogen (secondary N) is 1. The number of halogens is 2. The summed E-state index contributed by atoms with van der Waals surface area (Å²) in [4.78, 5) is 0. The molecular weight excluding hydrogens is 224 g/mol. The van der Waals surface area contributed by atoms with Crippen molar-refractivity contribution in [3.8, 4) is 0 Å². The summed E-state index contributed by atoms with van der Waals surface area (Å²) in [5, 5.41) is 3.54. The second-order valence-electron chi connectivity index (χ2n) is 6.22. The van der Waals surface area contributed by atoms with Crippen molar-refractivity contribution in [2.75, 3.05) is 20.0 Å². The Morgan fingerprint density at radius 1 is 1.12 bits per heavy atom. The molecule has 3 fully saturated rings. The zero-order valence-corrected chi connectivity index (χ0v) is 10.2. The Balaban J connectivity index is 1.63. The number of alkyl halides is 2. The minimum absolute atomic E-state index is 0.406. The molecule has 98 valence electrons. The Morgan fingerprint density at radius 2 is 1.82 bits per heavy atom. The molecule has 1 spiro atoms. The van der Waals surface area contributed by atoms with E-state index in [1.54, 1.807) is 0 Å². The van der Waals surface area contributed by atoms with E-state index in [0.29, 0.717) is 24.8 Å². The number of rotatable bonds is 2. The van der Waals surface area contributed by atoms with Crippen LogP contribution in [0.3, 0.4) is 0 Å². The first-order valence-corrected chi connectivity index (χ1v) is 6.75. The van der Waals surface area contributed by atoms with Gasteiger partial charge >= 0.3 is 0 Å². The molecule has 0 amide bonds. The van der Waals surface area contributed by atoms with Gasteiger partial charge in [-0.05, 0) is 18.8 Å². The summed E-state index contributed by atoms with van der Waals surface area (Å²) in [6.45, 7) is -0.360. The van der Waals surface area contributed by atoms with Gasteiger partial charge in [-0.2, -0.15) is 0 Å². The van der Waals surface area contributed by atoms with Crippen LogP contribution in [0.2, 0.25) is 0 Å². The van der Waals surface area contributed by atoms with Gasteiger partial charge in [0.05, 0.1) is 20.0 Å². The van der Waals surface area contributed by atoms with E-state index in [-0.39, 0.29) is 0 Å². The van der Waals surface area contributed by atoms with E-state index < -0.39 is 24.5 Å². The van der Waals surface area contributed by atoms with Crippen LogP contribution in [0, 0.1) is 11.3 Å². The topological polar surface area (TPSA) is 21.3 Å². The summed E-state index contributed by atoms with van der Waals surface area (Å²) >= 11 is 0. The largest absolute Gasteiger partial charge is 0.360 e. The molecule has 0 aromatic heterocycles. The van der Waals surface area contributed by atoms with E-state index in [0.717, 1.165) is 6.61 Å². The number of hydrogen-bond acceptors (Lipinski definition) is 2. The van der Waals surface area contributed by atoms with Crippen LogP contribution in [-0.2, 0) is 4.74 Å². The average molecular weight is 245 g/mol. The van der Waals surface area contributed by atoms with Gasteiger partial charge in [-0.15, -0.1) is 0 Å². The smallest absolute Gasteiger partial charge is 0.120 e. The summed E-state index contributed by atoms with van der Waals surface area (Å²) in [7, 11) is 0. The SMILES string of the molecule is FCC1(CF)CC2(C1)NC1CCCCC1CO2. The fraction of sp³-hybridized carbons (Fsp3) is 1.00. The molecule has 0 radical (unpaired) electrons. The molecule has 2 aliphatic carbocycles. The van der Waals surface area contributed by atoms with Crippen LogP contribution >= 0.6 is 0 Å². The van der Waals surface area contributed by atoms with Crippen molar-refractivity contribution >= 4 is 0 Å². The number of hydrogen-bond donors (Lipinski definition) is 1. The van der Waals surface area contributed by atoms with Gasteiger partial charge in [0.1, 0.15) is 5.72 Å². The third kappa shape index (κ3) is 1.89. The lowest BCUT2D eigenvalue weighted by atomic mass is 9.63. The van der Waals surface area contributed by atoms with Crippen molar-refractivity contribution in [3.63, 3.8) is 0 Å². The molecule has 4 heteroatoms. The summed E-state index contributed by atoms with van der Waals surface area (Å²) in [6.07, 6.45) is 5.96. The fourth-order valence-electron chi connectivity index (χ4n) is 3.83. The standard InChI is InChI=1S/C13H21F2NO/c14-8-12(9-15)6-13(7-12)16-11-4-2-1-3-10(11)5-17-13/h10-11,16H,1-9H2. The summed E-state index contributed by atoms with van der Waals surface area (Å²) in [5.41, 5.74) is -1.16. The van der Waals surface area contributed by atoms with Gasteiger partial charge in [-0.25, -0.2) is 0 Å². The molecule has 0 aromatic carbocycles. The van der Waals surface area contributed by atoms with Crippen LogP contribution in [0.4, 0.5) is 8.78 Å². The molecule has 0 bridgehead atoms. The highest BCUT2D eigenvalue weighted by Crippen LogP contribution is 2.52. The zero-order chi connectivity index (χ0) is 11.9. The monoisotopic (exact) mass is 245 g/mol. The first kappa shape index (κ1) is 11.8. The van der Waals surface area contributed by atoms with Crippen LogP contribution in [0.25, 0.3) is 0 Å². The van der Waals surface area contributed by atoms with Gasteiger partial charge in [0.2, 0.25) is 0 Å². The zero-order valence-electron chi connectivity index (χ0n) is 10.2. The van der Waals surface area contributed by atoms with Crippen molar-refractivity contribution in [2.45, 2.75) is 50.3 Å². The molecule has 17 heavy (non-hydrogen) atoms. The normalized spacial score (nSPS) is 38.5. The molecule has 0 aromatic rings. The van der Waals surface area contributed by atoms with Gasteiger partial charge in [0, 0.05) is 24.3 Å². The van der Waals surface area contributed by atoms with Crippen molar-refractivity contribution in [2.24, 2.45) is 11.3 Å². The number of ether oxygens (including phenoxy) is 1. The van der Waals surface area contributed by atoms with E-state index >= 15 is 0 Å². The summed E-state index contributed by atoms with van der Waals surface area (Å²) in [6, 6.07) is 0.509. The molecule has 3 rings (SSSR count). The van der Waals surface area contributed by atoms with Gasteiger partial charge < -0.3 is 4.74 Å². The molecule has 1 aliphatic heterocycles. The molecule has 1 saturated heterocycles. The van der Waals surface area contributed by atoms with Crippen LogP contribution in [0.5, 0.6) is 0 Å². The fourth-order valence-corrected chi connectivity index (χ4v) is 3.83. The minimum atomic E-state index is -0.755. The summed E-state index contributed by atoms with van der Waals surface area (Å²) in [5.74, 6) is 0.611. The molecule has 1 N–H and O–H groups in total. The average Bonchev–Trinajstić information content (AvgIpc) is 2.35. The molecule has 2 atom stereocenters. The highest BCUT2D eigenvalue weighted by Gasteiger charge is 2.58. The van der Waals surface area contributed by atoms with E-state index in [1.807, 2.05) is 0 Å². The lowest BCUT2D eigenvalue weighted by Crippen LogP contribution is -2.70. The van der Waals surface area contributed by atoms with Crippen LogP contribution in [0.1, 0.15) is 38.5 Å². The third-order valence-electron chi connectivity index (χ3n) is 4.82. The van der Waals surface area contributed by atoms with E-state index in [4.69, 9.17) is 4.74 Å². The maximum atomic E-state index is 12.8. The second kappa shape index (κ2) is 4.16. The van der Waals surface area contributed by atoms with E-state index in [2.05, 4.69) is 5.32 Å². The highest BCUT2D eigenvalue weighted by atomic mass is 19.1. The Bertz CT molecular complexity index is 285. The van der Waals surface area contributed by atoms with Crippen molar-refractivity contribution in [1.82, 2.24) is 5.32 Å². The quantitative estimate of drug-likeness (QED) is 0.807. The number of fused-ring (bicyclic) bond motifs is 1. The van der Waals surface area contributed by atoms with Crippen LogP contribution in [0.15, 0.2) is 0 Å². The van der Waals surface area contributed by atoms with Crippen LogP contribution < -0.4 is 5.32 Å². The Hall–Kier alpha value is -0.220. The van der Waals surface area contributed by atoms with Crippen molar-refractivity contribution in [3.05, 3.63) is 0 Å². The first-order valence-electron chi connectivity index (χ1n) is 6.75.